The minimum absolute atomic E-state index is 0.0250. The van der Waals surface area contributed by atoms with Gasteiger partial charge >= 0.3 is 0 Å². The summed E-state index contributed by atoms with van der Waals surface area (Å²) >= 11 is 7.56. The van der Waals surface area contributed by atoms with Crippen LogP contribution in [0.1, 0.15) is 22.2 Å². The fourth-order valence-electron chi connectivity index (χ4n) is 2.47. The van der Waals surface area contributed by atoms with Crippen LogP contribution in [0, 0.1) is 6.92 Å². The summed E-state index contributed by atoms with van der Waals surface area (Å²) in [5, 5.41) is 1.18. The Kier molecular flexibility index (Phi) is 4.22. The number of hydrogen-bond donors (Lipinski definition) is 2. The molecule has 0 amide bonds. The van der Waals surface area contributed by atoms with Crippen molar-refractivity contribution < 1.29 is 0 Å². The minimum atomic E-state index is -0.0250. The Morgan fingerprint density at radius 2 is 2.10 bits per heavy atom. The van der Waals surface area contributed by atoms with Gasteiger partial charge in [0.1, 0.15) is 0 Å². The summed E-state index contributed by atoms with van der Waals surface area (Å²) in [6.07, 6.45) is 0.776. The number of hydrogen-bond acceptors (Lipinski definition) is 4. The predicted octanol–water partition coefficient (Wildman–Crippen LogP) is 4.01. The summed E-state index contributed by atoms with van der Waals surface area (Å²) in [7, 11) is 0. The van der Waals surface area contributed by atoms with Gasteiger partial charge in [0.2, 0.25) is 0 Å². The van der Waals surface area contributed by atoms with E-state index < -0.39 is 0 Å². The van der Waals surface area contributed by atoms with Gasteiger partial charge in [0, 0.05) is 16.7 Å². The van der Waals surface area contributed by atoms with Gasteiger partial charge in [-0.25, -0.2) is 0 Å². The van der Waals surface area contributed by atoms with Crippen LogP contribution in [-0.4, -0.2) is 4.98 Å². The average Bonchev–Trinajstić information content (AvgIpc) is 2.90. The summed E-state index contributed by atoms with van der Waals surface area (Å²) in [6.45, 7) is 2.10. The maximum absolute atomic E-state index is 5.99. The lowest BCUT2D eigenvalue weighted by Crippen LogP contribution is -2.30. The van der Waals surface area contributed by atoms with E-state index in [0.717, 1.165) is 22.0 Å². The quantitative estimate of drug-likeness (QED) is 0.565. The number of fused-ring (bicyclic) bond motifs is 1. The summed E-state index contributed by atoms with van der Waals surface area (Å²) in [5.41, 5.74) is 6.03. The van der Waals surface area contributed by atoms with E-state index >= 15 is 0 Å². The van der Waals surface area contributed by atoms with Gasteiger partial charge < -0.3 is 0 Å². The van der Waals surface area contributed by atoms with Crippen molar-refractivity contribution in [1.29, 1.82) is 0 Å². The molecule has 3 N–H and O–H groups in total. The van der Waals surface area contributed by atoms with Gasteiger partial charge in [0.05, 0.1) is 21.6 Å². The first-order valence-electron chi connectivity index (χ1n) is 6.74. The highest BCUT2D eigenvalue weighted by atomic mass is 35.5. The number of para-hydroxylation sites is 1. The van der Waals surface area contributed by atoms with Crippen LogP contribution in [0.15, 0.2) is 42.5 Å². The second kappa shape index (κ2) is 6.12. The first kappa shape index (κ1) is 14.5. The second-order valence-electron chi connectivity index (χ2n) is 5.01. The Balaban J connectivity index is 1.96. The van der Waals surface area contributed by atoms with Crippen LogP contribution < -0.4 is 11.3 Å². The number of nitrogens with two attached hydrogens (primary N) is 1. The average molecular weight is 318 g/mol. The monoisotopic (exact) mass is 317 g/mol. The summed E-state index contributed by atoms with van der Waals surface area (Å²) in [6, 6.07) is 14.2. The van der Waals surface area contributed by atoms with E-state index in [0.29, 0.717) is 0 Å². The molecule has 1 atom stereocenters. The fourth-order valence-corrected chi connectivity index (χ4v) is 3.60. The van der Waals surface area contributed by atoms with Crippen molar-refractivity contribution in [3.8, 4) is 0 Å². The number of pyridine rings is 1. The zero-order valence-electron chi connectivity index (χ0n) is 11.6. The molecule has 0 radical (unpaired) electrons. The van der Waals surface area contributed by atoms with E-state index in [1.807, 2.05) is 30.3 Å². The zero-order chi connectivity index (χ0) is 14.8. The van der Waals surface area contributed by atoms with Crippen molar-refractivity contribution in [3.63, 3.8) is 0 Å². The number of halogens is 1. The number of benzene rings is 1. The van der Waals surface area contributed by atoms with Crippen molar-refractivity contribution in [1.82, 2.24) is 10.4 Å². The molecular formula is C16H16ClN3S. The third-order valence-electron chi connectivity index (χ3n) is 3.54. The highest BCUT2D eigenvalue weighted by Crippen LogP contribution is 2.27. The van der Waals surface area contributed by atoms with Crippen LogP contribution in [-0.2, 0) is 6.42 Å². The molecule has 0 spiro atoms. The molecule has 2 heterocycles. The van der Waals surface area contributed by atoms with E-state index in [1.54, 1.807) is 11.3 Å². The molecule has 3 rings (SSSR count). The third-order valence-corrected chi connectivity index (χ3v) is 4.79. The van der Waals surface area contributed by atoms with E-state index in [4.69, 9.17) is 22.4 Å². The number of hydrazine groups is 1. The molecular weight excluding hydrogens is 302 g/mol. The molecule has 1 aromatic carbocycles. The predicted molar refractivity (Wildman–Crippen MR) is 89.6 cm³/mol. The fraction of sp³-hybridized carbons (Fsp3) is 0.188. The standard InChI is InChI=1S/C16H16ClN3S/c1-10-8-14(19-13-5-3-2-4-12(10)13)15(20-18)9-11-6-7-16(17)21-11/h2-8,15,20H,9,18H2,1H3. The lowest BCUT2D eigenvalue weighted by molar-refractivity contribution is 0.543. The first-order valence-corrected chi connectivity index (χ1v) is 7.93. The van der Waals surface area contributed by atoms with Gasteiger partial charge in [-0.1, -0.05) is 29.8 Å². The molecule has 21 heavy (non-hydrogen) atoms. The topological polar surface area (TPSA) is 50.9 Å². The molecule has 0 bridgehead atoms. The lowest BCUT2D eigenvalue weighted by atomic mass is 10.0. The Labute approximate surface area is 132 Å². The van der Waals surface area contributed by atoms with Crippen molar-refractivity contribution in [2.45, 2.75) is 19.4 Å². The van der Waals surface area contributed by atoms with Crippen molar-refractivity contribution in [3.05, 3.63) is 62.9 Å². The molecule has 3 aromatic rings. The highest BCUT2D eigenvalue weighted by molar-refractivity contribution is 7.16. The Morgan fingerprint density at radius 1 is 1.29 bits per heavy atom. The van der Waals surface area contributed by atoms with Crippen molar-refractivity contribution in [2.24, 2.45) is 5.84 Å². The number of thiophene rings is 1. The molecule has 0 aliphatic rings. The number of aromatic nitrogens is 1. The SMILES string of the molecule is Cc1cc(C(Cc2ccc(Cl)s2)NN)nc2ccccc12. The van der Waals surface area contributed by atoms with Gasteiger partial charge in [-0.15, -0.1) is 11.3 Å². The van der Waals surface area contributed by atoms with Gasteiger partial charge in [-0.3, -0.25) is 16.3 Å². The summed E-state index contributed by atoms with van der Waals surface area (Å²) in [4.78, 5) is 5.93. The van der Waals surface area contributed by atoms with Gasteiger partial charge in [0.15, 0.2) is 0 Å². The van der Waals surface area contributed by atoms with E-state index in [2.05, 4.69) is 24.5 Å². The van der Waals surface area contributed by atoms with Crippen LogP contribution in [0.4, 0.5) is 0 Å². The van der Waals surface area contributed by atoms with Crippen molar-refractivity contribution in [2.75, 3.05) is 0 Å². The minimum Gasteiger partial charge on any atom is -0.271 e. The molecule has 0 fully saturated rings. The smallest absolute Gasteiger partial charge is 0.0931 e. The van der Waals surface area contributed by atoms with Crippen molar-refractivity contribution >= 4 is 33.8 Å². The molecule has 2 aromatic heterocycles. The zero-order valence-corrected chi connectivity index (χ0v) is 13.2. The normalized spacial score (nSPS) is 12.7. The van der Waals surface area contributed by atoms with E-state index in [1.165, 1.54) is 15.8 Å². The molecule has 0 aliphatic heterocycles. The van der Waals surface area contributed by atoms with Gasteiger partial charge in [-0.05, 0) is 36.8 Å². The maximum Gasteiger partial charge on any atom is 0.0931 e. The van der Waals surface area contributed by atoms with E-state index in [-0.39, 0.29) is 6.04 Å². The Bertz CT molecular complexity index is 769. The molecule has 5 heteroatoms. The van der Waals surface area contributed by atoms with Crippen LogP contribution in [0.2, 0.25) is 4.34 Å². The number of nitrogens with one attached hydrogen (secondary N) is 1. The first-order chi connectivity index (χ1) is 10.2. The molecule has 108 valence electrons. The molecule has 0 saturated heterocycles. The van der Waals surface area contributed by atoms with Gasteiger partial charge in [0.25, 0.3) is 0 Å². The van der Waals surface area contributed by atoms with Crippen LogP contribution >= 0.6 is 22.9 Å². The van der Waals surface area contributed by atoms with E-state index in [9.17, 15) is 0 Å². The van der Waals surface area contributed by atoms with Crippen LogP contribution in [0.3, 0.4) is 0 Å². The van der Waals surface area contributed by atoms with Gasteiger partial charge in [-0.2, -0.15) is 0 Å². The molecule has 1 unspecified atom stereocenters. The lowest BCUT2D eigenvalue weighted by Gasteiger charge is -2.16. The summed E-state index contributed by atoms with van der Waals surface area (Å²) < 4.78 is 0.795. The number of rotatable bonds is 4. The maximum atomic E-state index is 5.99. The number of aryl methyl sites for hydroxylation is 1. The highest BCUT2D eigenvalue weighted by Gasteiger charge is 2.15. The van der Waals surface area contributed by atoms with Crippen LogP contribution in [0.25, 0.3) is 10.9 Å². The summed E-state index contributed by atoms with van der Waals surface area (Å²) in [5.74, 6) is 5.74. The Hall–Kier alpha value is -1.46. The second-order valence-corrected chi connectivity index (χ2v) is 6.81. The van der Waals surface area contributed by atoms with Crippen LogP contribution in [0.5, 0.6) is 0 Å². The number of nitrogens with zero attached hydrogens (tertiary/aromatic N) is 1. The Morgan fingerprint density at radius 3 is 2.81 bits per heavy atom. The largest absolute Gasteiger partial charge is 0.271 e. The third kappa shape index (κ3) is 3.09. The molecule has 3 nitrogen and oxygen atoms in total. The molecule has 0 saturated carbocycles. The molecule has 0 aliphatic carbocycles.